The van der Waals surface area contributed by atoms with E-state index in [0.717, 1.165) is 24.0 Å². The van der Waals surface area contributed by atoms with E-state index in [2.05, 4.69) is 205 Å². The zero-order valence-corrected chi connectivity index (χ0v) is 32.7. The molecule has 55 heavy (non-hydrogen) atoms. The summed E-state index contributed by atoms with van der Waals surface area (Å²) in [5, 5.41) is 0. The van der Waals surface area contributed by atoms with Crippen LogP contribution in [-0.4, -0.2) is 0 Å². The first-order valence-electron chi connectivity index (χ1n) is 19.9. The van der Waals surface area contributed by atoms with Crippen LogP contribution in [0.1, 0.15) is 89.8 Å². The van der Waals surface area contributed by atoms with Crippen LogP contribution in [0.2, 0.25) is 0 Å². The monoisotopic (exact) mass is 708 g/mol. The van der Waals surface area contributed by atoms with Crippen LogP contribution < -0.4 is 0 Å². The van der Waals surface area contributed by atoms with E-state index in [4.69, 9.17) is 0 Å². The van der Waals surface area contributed by atoms with Gasteiger partial charge in [0.2, 0.25) is 0 Å². The average Bonchev–Trinajstić information content (AvgIpc) is 3.64. The maximum absolute atomic E-state index is 4.38. The third kappa shape index (κ3) is 5.34. The molecule has 1 atom stereocenters. The smallest absolute Gasteiger partial charge is 0.0718 e. The Morgan fingerprint density at radius 1 is 0.545 bits per heavy atom. The van der Waals surface area contributed by atoms with Crippen LogP contribution in [-0.2, 0) is 17.3 Å². The van der Waals surface area contributed by atoms with Crippen LogP contribution in [0.5, 0.6) is 0 Å². The van der Waals surface area contributed by atoms with Crippen molar-refractivity contribution in [2.75, 3.05) is 0 Å². The highest BCUT2D eigenvalue weighted by molar-refractivity contribution is 5.97. The number of hydrogen-bond donors (Lipinski definition) is 0. The first-order valence-corrected chi connectivity index (χ1v) is 19.9. The second kappa shape index (κ2) is 13.4. The highest BCUT2D eigenvalue weighted by Gasteiger charge is 2.48. The first kappa shape index (κ1) is 34.8. The Labute approximate surface area is 327 Å². The molecule has 1 unspecified atom stereocenters. The van der Waals surface area contributed by atoms with Crippen LogP contribution in [0.25, 0.3) is 44.5 Å². The molecule has 0 heteroatoms. The minimum Gasteiger partial charge on any atom is -0.0911 e. The van der Waals surface area contributed by atoms with Crippen molar-refractivity contribution < 1.29 is 0 Å². The van der Waals surface area contributed by atoms with E-state index >= 15 is 0 Å². The number of benzene rings is 7. The molecule has 2 aliphatic carbocycles. The standard InChI is InChI=1S/C55H48/c1-7-18-40-22-12-15-26-48(40)55(47-25-14-11-19-36(47)2)49-27-16-13-23-46(49)53-43(24-17-28-50(53)55)42-30-32-45-44-31-29-41(34-51(44)54(5,6)52(45)35-42)38(4)33-37(3)39-20-9-8-10-21-39/h8-17,19-35H,3,7,18H2,1-2,4-6H3/b38-33+. The van der Waals surface area contributed by atoms with Crippen LogP contribution in [0.3, 0.4) is 0 Å². The van der Waals surface area contributed by atoms with Crippen LogP contribution in [0, 0.1) is 6.92 Å². The van der Waals surface area contributed by atoms with Crippen molar-refractivity contribution in [2.24, 2.45) is 0 Å². The zero-order valence-electron chi connectivity index (χ0n) is 32.7. The Hall–Kier alpha value is -5.98. The molecule has 0 fully saturated rings. The maximum atomic E-state index is 4.38. The Balaban J connectivity index is 1.20. The minimum atomic E-state index is -0.432. The lowest BCUT2D eigenvalue weighted by Gasteiger charge is -2.36. The van der Waals surface area contributed by atoms with Gasteiger partial charge in [0.25, 0.3) is 0 Å². The predicted octanol–water partition coefficient (Wildman–Crippen LogP) is 14.4. The number of rotatable bonds is 8. The molecule has 0 saturated carbocycles. The van der Waals surface area contributed by atoms with Crippen molar-refractivity contribution in [3.05, 3.63) is 226 Å². The Bertz CT molecular complexity index is 2660. The van der Waals surface area contributed by atoms with Gasteiger partial charge in [0.1, 0.15) is 0 Å². The maximum Gasteiger partial charge on any atom is 0.0718 e. The largest absolute Gasteiger partial charge is 0.0911 e. The lowest BCUT2D eigenvalue weighted by Crippen LogP contribution is -2.31. The van der Waals surface area contributed by atoms with Crippen LogP contribution >= 0.6 is 0 Å². The fourth-order valence-corrected chi connectivity index (χ4v) is 9.89. The molecule has 7 aromatic carbocycles. The summed E-state index contributed by atoms with van der Waals surface area (Å²) in [6, 6.07) is 59.2. The summed E-state index contributed by atoms with van der Waals surface area (Å²) < 4.78 is 0. The number of hydrogen-bond acceptors (Lipinski definition) is 0. The third-order valence-corrected chi connectivity index (χ3v) is 12.5. The second-order valence-corrected chi connectivity index (χ2v) is 16.1. The molecule has 0 N–H and O–H groups in total. The molecule has 0 radical (unpaired) electrons. The van der Waals surface area contributed by atoms with Gasteiger partial charge >= 0.3 is 0 Å². The van der Waals surface area contributed by atoms with Crippen molar-refractivity contribution >= 4 is 11.1 Å². The number of allylic oxidation sites excluding steroid dienone is 3. The van der Waals surface area contributed by atoms with E-state index in [1.54, 1.807) is 0 Å². The molecule has 0 nitrogen and oxygen atoms in total. The molecule has 0 aliphatic heterocycles. The third-order valence-electron chi connectivity index (χ3n) is 12.5. The molecule has 268 valence electrons. The van der Waals surface area contributed by atoms with E-state index in [1.165, 1.54) is 89.0 Å². The van der Waals surface area contributed by atoms with Gasteiger partial charge in [0.05, 0.1) is 5.41 Å². The molecule has 0 saturated heterocycles. The van der Waals surface area contributed by atoms with Gasteiger partial charge in [-0.3, -0.25) is 0 Å². The molecule has 2 aliphatic rings. The van der Waals surface area contributed by atoms with Gasteiger partial charge in [0, 0.05) is 5.41 Å². The normalized spacial score (nSPS) is 16.3. The summed E-state index contributed by atoms with van der Waals surface area (Å²) in [6.45, 7) is 16.0. The summed E-state index contributed by atoms with van der Waals surface area (Å²) >= 11 is 0. The lowest BCUT2D eigenvalue weighted by molar-refractivity contribution is 0.660. The molecular weight excluding hydrogens is 661 g/mol. The first-order chi connectivity index (χ1) is 26.7. The molecule has 7 aromatic rings. The van der Waals surface area contributed by atoms with E-state index < -0.39 is 5.41 Å². The van der Waals surface area contributed by atoms with Crippen LogP contribution in [0.4, 0.5) is 0 Å². The van der Waals surface area contributed by atoms with Crippen LogP contribution in [0.15, 0.2) is 170 Å². The molecule has 0 bridgehead atoms. The van der Waals surface area contributed by atoms with Crippen molar-refractivity contribution in [1.29, 1.82) is 0 Å². The van der Waals surface area contributed by atoms with E-state index in [1.807, 2.05) is 0 Å². The number of aryl methyl sites for hydroxylation is 2. The SMILES string of the molecule is C=C(/C=C(\C)c1ccc2c(c1)C(C)(C)c1cc(-c3cccc4c3-c3ccccc3C4(c3ccccc3C)c3ccccc3CCC)ccc1-2)c1ccccc1. The molecule has 0 spiro atoms. The molecule has 0 amide bonds. The summed E-state index contributed by atoms with van der Waals surface area (Å²) in [6.07, 6.45) is 4.36. The Morgan fingerprint density at radius 3 is 1.93 bits per heavy atom. The fourth-order valence-electron chi connectivity index (χ4n) is 9.89. The van der Waals surface area contributed by atoms with Gasteiger partial charge in [0.15, 0.2) is 0 Å². The van der Waals surface area contributed by atoms with Gasteiger partial charge in [-0.05, 0) is 133 Å². The number of fused-ring (bicyclic) bond motifs is 6. The summed E-state index contributed by atoms with van der Waals surface area (Å²) in [5.74, 6) is 0. The van der Waals surface area contributed by atoms with Crippen molar-refractivity contribution in [2.45, 2.75) is 58.3 Å². The average molecular weight is 709 g/mol. The van der Waals surface area contributed by atoms with Gasteiger partial charge in [-0.1, -0.05) is 185 Å². The summed E-state index contributed by atoms with van der Waals surface area (Å²) in [4.78, 5) is 0. The zero-order chi connectivity index (χ0) is 37.9. The molecular formula is C55H48. The fraction of sp³-hybridized carbons (Fsp3) is 0.164. The van der Waals surface area contributed by atoms with E-state index in [-0.39, 0.29) is 5.41 Å². The predicted molar refractivity (Wildman–Crippen MR) is 235 cm³/mol. The van der Waals surface area contributed by atoms with E-state index in [0.29, 0.717) is 0 Å². The highest BCUT2D eigenvalue weighted by atomic mass is 14.5. The Kier molecular flexibility index (Phi) is 8.47. The molecule has 9 rings (SSSR count). The molecule has 0 heterocycles. The minimum absolute atomic E-state index is 0.159. The second-order valence-electron chi connectivity index (χ2n) is 16.1. The van der Waals surface area contributed by atoms with Gasteiger partial charge in [-0.15, -0.1) is 0 Å². The quantitative estimate of drug-likeness (QED) is 0.138. The summed E-state index contributed by atoms with van der Waals surface area (Å²) in [7, 11) is 0. The summed E-state index contributed by atoms with van der Waals surface area (Å²) in [5.41, 5.74) is 23.0. The van der Waals surface area contributed by atoms with Crippen molar-refractivity contribution in [1.82, 2.24) is 0 Å². The van der Waals surface area contributed by atoms with Gasteiger partial charge < -0.3 is 0 Å². The van der Waals surface area contributed by atoms with Gasteiger partial charge in [-0.2, -0.15) is 0 Å². The van der Waals surface area contributed by atoms with Crippen molar-refractivity contribution in [3.63, 3.8) is 0 Å². The highest BCUT2D eigenvalue weighted by Crippen LogP contribution is 2.60. The Morgan fingerprint density at radius 2 is 1.16 bits per heavy atom. The van der Waals surface area contributed by atoms with Gasteiger partial charge in [-0.25, -0.2) is 0 Å². The van der Waals surface area contributed by atoms with E-state index in [9.17, 15) is 0 Å². The topological polar surface area (TPSA) is 0 Å². The van der Waals surface area contributed by atoms with Crippen molar-refractivity contribution in [3.8, 4) is 33.4 Å². The lowest BCUT2D eigenvalue weighted by atomic mass is 9.65. The molecule has 0 aromatic heterocycles.